The predicted molar refractivity (Wildman–Crippen MR) is 85.1 cm³/mol. The summed E-state index contributed by atoms with van der Waals surface area (Å²) in [6, 6.07) is 0. The number of Topliss-reactive ketones (excluding diaryl/α,β-unsaturated/α-hetero) is 2. The van der Waals surface area contributed by atoms with Crippen molar-refractivity contribution in [2.24, 2.45) is 0 Å². The lowest BCUT2D eigenvalue weighted by Gasteiger charge is -2.01. The van der Waals surface area contributed by atoms with Crippen molar-refractivity contribution in [3.8, 4) is 0 Å². The molecule has 0 radical (unpaired) electrons. The molecule has 0 aliphatic rings. The maximum atomic E-state index is 11.6. The first-order valence-electron chi connectivity index (χ1n) is 7.76. The Labute approximate surface area is 131 Å². The van der Waals surface area contributed by atoms with E-state index in [0.717, 1.165) is 11.8 Å². The highest BCUT2D eigenvalue weighted by Crippen LogP contribution is 2.15. The summed E-state index contributed by atoms with van der Waals surface area (Å²) in [5.41, 5.74) is 0. The van der Waals surface area contributed by atoms with Gasteiger partial charge < -0.3 is 0 Å². The lowest BCUT2D eigenvalue weighted by Crippen LogP contribution is -2.01. The van der Waals surface area contributed by atoms with Gasteiger partial charge in [0.25, 0.3) is 0 Å². The molecule has 21 heavy (non-hydrogen) atoms. The molecule has 0 saturated heterocycles. The molecule has 0 rings (SSSR count). The van der Waals surface area contributed by atoms with Crippen molar-refractivity contribution in [3.05, 3.63) is 0 Å². The van der Waals surface area contributed by atoms with Gasteiger partial charge in [0.2, 0.25) is 0 Å². The van der Waals surface area contributed by atoms with Crippen molar-refractivity contribution < 1.29 is 19.2 Å². The Morgan fingerprint density at radius 2 is 0.952 bits per heavy atom. The number of hydrogen-bond acceptors (Lipinski definition) is 5. The fourth-order valence-electron chi connectivity index (χ4n) is 1.77. The van der Waals surface area contributed by atoms with Gasteiger partial charge in [-0.25, -0.2) is 0 Å². The van der Waals surface area contributed by atoms with Gasteiger partial charge in [-0.1, -0.05) is 13.8 Å². The molecule has 0 N–H and O–H groups in total. The average molecular weight is 314 g/mol. The van der Waals surface area contributed by atoms with Gasteiger partial charge in [-0.15, -0.1) is 0 Å². The Hall–Kier alpha value is -0.970. The highest BCUT2D eigenvalue weighted by molar-refractivity contribution is 8.26. The van der Waals surface area contributed by atoms with E-state index in [9.17, 15) is 19.2 Å². The van der Waals surface area contributed by atoms with E-state index in [1.54, 1.807) is 0 Å². The Bertz CT molecular complexity index is 329. The van der Waals surface area contributed by atoms with Crippen LogP contribution in [0.5, 0.6) is 0 Å². The smallest absolute Gasteiger partial charge is 0.196 e. The van der Waals surface area contributed by atoms with Crippen LogP contribution >= 0.6 is 11.8 Å². The quantitative estimate of drug-likeness (QED) is 0.512. The summed E-state index contributed by atoms with van der Waals surface area (Å²) in [5, 5.41) is -0.234. The van der Waals surface area contributed by atoms with Crippen molar-refractivity contribution in [1.29, 1.82) is 0 Å². The van der Waals surface area contributed by atoms with Crippen LogP contribution in [0.1, 0.15) is 78.1 Å². The second-order valence-corrected chi connectivity index (χ2v) is 6.16. The molecule has 0 spiro atoms. The minimum Gasteiger partial charge on any atom is -0.300 e. The normalized spacial score (nSPS) is 10.4. The molecule has 0 saturated carbocycles. The van der Waals surface area contributed by atoms with Gasteiger partial charge in [-0.2, -0.15) is 0 Å². The zero-order valence-electron chi connectivity index (χ0n) is 13.1. The van der Waals surface area contributed by atoms with Crippen LogP contribution in [0, 0.1) is 0 Å². The van der Waals surface area contributed by atoms with Gasteiger partial charge in [-0.3, -0.25) is 19.2 Å². The monoisotopic (exact) mass is 314 g/mol. The van der Waals surface area contributed by atoms with Crippen molar-refractivity contribution in [3.63, 3.8) is 0 Å². The van der Waals surface area contributed by atoms with Gasteiger partial charge >= 0.3 is 0 Å². The number of thioether (sulfide) groups is 1. The van der Waals surface area contributed by atoms with Gasteiger partial charge in [0.15, 0.2) is 10.2 Å². The van der Waals surface area contributed by atoms with E-state index >= 15 is 0 Å². The van der Waals surface area contributed by atoms with Crippen LogP contribution in [0.2, 0.25) is 0 Å². The summed E-state index contributed by atoms with van der Waals surface area (Å²) in [6.45, 7) is 3.66. The molecule has 4 nitrogen and oxygen atoms in total. The second-order valence-electron chi connectivity index (χ2n) is 5.04. The Kier molecular flexibility index (Phi) is 12.2. The van der Waals surface area contributed by atoms with Gasteiger partial charge in [0.05, 0.1) is 0 Å². The maximum Gasteiger partial charge on any atom is 0.196 e. The van der Waals surface area contributed by atoms with Crippen molar-refractivity contribution in [1.82, 2.24) is 0 Å². The van der Waals surface area contributed by atoms with Gasteiger partial charge in [0, 0.05) is 38.5 Å². The number of rotatable bonds is 12. The predicted octanol–water partition coefficient (Wildman–Crippen LogP) is 3.85. The molecule has 0 unspecified atom stereocenters. The third-order valence-electron chi connectivity index (χ3n) is 3.19. The van der Waals surface area contributed by atoms with E-state index in [1.165, 1.54) is 0 Å². The van der Waals surface area contributed by atoms with E-state index in [1.807, 2.05) is 13.8 Å². The van der Waals surface area contributed by atoms with Crippen molar-refractivity contribution >= 4 is 33.6 Å². The molecule has 0 aromatic carbocycles. The topological polar surface area (TPSA) is 68.3 Å². The molecule has 120 valence electrons. The van der Waals surface area contributed by atoms with E-state index in [-0.39, 0.29) is 21.8 Å². The van der Waals surface area contributed by atoms with Crippen LogP contribution in [0.25, 0.3) is 0 Å². The number of ketones is 2. The first-order valence-corrected chi connectivity index (χ1v) is 8.58. The number of carbonyl (C=O) groups is 4. The number of carbonyl (C=O) groups excluding carboxylic acids is 4. The fourth-order valence-corrected chi connectivity index (χ4v) is 2.51. The maximum absolute atomic E-state index is 11.6. The van der Waals surface area contributed by atoms with E-state index < -0.39 is 0 Å². The molecule has 0 atom stereocenters. The van der Waals surface area contributed by atoms with Crippen LogP contribution in [0.3, 0.4) is 0 Å². The highest BCUT2D eigenvalue weighted by Gasteiger charge is 2.11. The second kappa shape index (κ2) is 12.7. The van der Waals surface area contributed by atoms with Crippen molar-refractivity contribution in [2.45, 2.75) is 78.1 Å². The molecule has 0 bridgehead atoms. The summed E-state index contributed by atoms with van der Waals surface area (Å²) in [5.74, 6) is 0.431. The fraction of sp³-hybridized carbons (Fsp3) is 0.750. The molecule has 0 aromatic heterocycles. The largest absolute Gasteiger partial charge is 0.300 e. The van der Waals surface area contributed by atoms with Crippen molar-refractivity contribution in [2.75, 3.05) is 0 Å². The van der Waals surface area contributed by atoms with Gasteiger partial charge in [-0.05, 0) is 37.4 Å². The molecule has 5 heteroatoms. The van der Waals surface area contributed by atoms with Gasteiger partial charge in [0.1, 0.15) is 11.6 Å². The van der Waals surface area contributed by atoms with E-state index in [0.29, 0.717) is 64.2 Å². The molecular formula is C16H26O4S. The molecule has 0 aromatic rings. The molecule has 0 fully saturated rings. The van der Waals surface area contributed by atoms with Crippen LogP contribution in [0.15, 0.2) is 0 Å². The third kappa shape index (κ3) is 12.5. The number of unbranched alkanes of at least 4 members (excludes halogenated alkanes) is 2. The number of hydrogen-bond donors (Lipinski definition) is 0. The molecule has 0 heterocycles. The lowest BCUT2D eigenvalue weighted by molar-refractivity contribution is -0.119. The minimum atomic E-state index is -0.117. The molecule has 0 amide bonds. The summed E-state index contributed by atoms with van der Waals surface area (Å²) >= 11 is 0.781. The zero-order valence-corrected chi connectivity index (χ0v) is 13.9. The summed E-state index contributed by atoms with van der Waals surface area (Å²) in [7, 11) is 0. The molecular weight excluding hydrogens is 288 g/mol. The average Bonchev–Trinajstić information content (AvgIpc) is 2.47. The van der Waals surface area contributed by atoms with Crippen LogP contribution in [0.4, 0.5) is 0 Å². The van der Waals surface area contributed by atoms with Crippen LogP contribution in [-0.2, 0) is 19.2 Å². The minimum absolute atomic E-state index is 0.117. The molecule has 0 aliphatic heterocycles. The van der Waals surface area contributed by atoms with Crippen LogP contribution < -0.4 is 0 Å². The molecule has 0 aliphatic carbocycles. The summed E-state index contributed by atoms with van der Waals surface area (Å²) in [4.78, 5) is 45.3. The lowest BCUT2D eigenvalue weighted by atomic mass is 10.1. The summed E-state index contributed by atoms with van der Waals surface area (Å²) in [6.07, 6.45) is 5.58. The zero-order chi connectivity index (χ0) is 16.1. The highest BCUT2D eigenvalue weighted by atomic mass is 32.2. The Morgan fingerprint density at radius 3 is 1.29 bits per heavy atom. The van der Waals surface area contributed by atoms with E-state index in [2.05, 4.69) is 0 Å². The SMILES string of the molecule is CCC(=O)CCCCC(=O)SC(=O)CCCCC(=O)CC. The first-order chi connectivity index (χ1) is 9.99. The third-order valence-corrected chi connectivity index (χ3v) is 4.05. The Morgan fingerprint density at radius 1 is 0.619 bits per heavy atom. The Balaban J connectivity index is 3.59. The summed E-state index contributed by atoms with van der Waals surface area (Å²) < 4.78 is 0. The first kappa shape index (κ1) is 20.0. The van der Waals surface area contributed by atoms with Crippen LogP contribution in [-0.4, -0.2) is 21.8 Å². The van der Waals surface area contributed by atoms with E-state index in [4.69, 9.17) is 0 Å². The standard InChI is InChI=1S/C16H26O4S/c1-3-13(17)9-5-7-11-15(19)21-16(20)12-8-6-10-14(18)4-2/h3-12H2,1-2H3.